The standard InChI is InChI=1S/C10H13BrFNO2/c11-2-1-9(14)10(15)6-3-7(12)5-8(13)4-6/h3-5,9-10,14-15H,1-2,13H2. The molecule has 1 rings (SSSR count). The Morgan fingerprint density at radius 1 is 1.33 bits per heavy atom. The number of aliphatic hydroxyl groups is 2. The maximum atomic E-state index is 13.0. The largest absolute Gasteiger partial charge is 0.399 e. The van der Waals surface area contributed by atoms with E-state index < -0.39 is 18.0 Å². The zero-order chi connectivity index (χ0) is 11.4. The Morgan fingerprint density at radius 3 is 2.53 bits per heavy atom. The van der Waals surface area contributed by atoms with Crippen LogP contribution in [0.15, 0.2) is 18.2 Å². The van der Waals surface area contributed by atoms with Gasteiger partial charge in [0.05, 0.1) is 6.10 Å². The second-order valence-corrected chi connectivity index (χ2v) is 4.10. The fourth-order valence-corrected chi connectivity index (χ4v) is 1.77. The van der Waals surface area contributed by atoms with Gasteiger partial charge in [-0.25, -0.2) is 4.39 Å². The molecule has 5 heteroatoms. The average Bonchev–Trinajstić information content (AvgIpc) is 2.15. The molecular weight excluding hydrogens is 265 g/mol. The highest BCUT2D eigenvalue weighted by Crippen LogP contribution is 2.22. The SMILES string of the molecule is Nc1cc(F)cc(C(O)C(O)CCBr)c1. The van der Waals surface area contributed by atoms with Crippen molar-refractivity contribution in [3.63, 3.8) is 0 Å². The summed E-state index contributed by atoms with van der Waals surface area (Å²) >= 11 is 3.15. The van der Waals surface area contributed by atoms with Gasteiger partial charge in [0, 0.05) is 11.0 Å². The van der Waals surface area contributed by atoms with Crippen molar-refractivity contribution < 1.29 is 14.6 Å². The molecule has 2 unspecified atom stereocenters. The molecule has 0 bridgehead atoms. The molecule has 1 aromatic rings. The highest BCUT2D eigenvalue weighted by atomic mass is 79.9. The molecule has 0 aliphatic rings. The van der Waals surface area contributed by atoms with E-state index in [1.165, 1.54) is 12.1 Å². The van der Waals surface area contributed by atoms with E-state index in [1.807, 2.05) is 0 Å². The van der Waals surface area contributed by atoms with Gasteiger partial charge in [-0.05, 0) is 30.2 Å². The van der Waals surface area contributed by atoms with Crippen molar-refractivity contribution >= 4 is 21.6 Å². The van der Waals surface area contributed by atoms with E-state index in [1.54, 1.807) is 0 Å². The van der Waals surface area contributed by atoms with Crippen LogP contribution in [-0.4, -0.2) is 21.6 Å². The molecule has 0 aliphatic carbocycles. The molecular formula is C10H13BrFNO2. The zero-order valence-electron chi connectivity index (χ0n) is 8.03. The number of benzene rings is 1. The molecule has 0 saturated carbocycles. The number of halogens is 2. The van der Waals surface area contributed by atoms with E-state index in [2.05, 4.69) is 15.9 Å². The first-order valence-corrected chi connectivity index (χ1v) is 5.65. The molecule has 3 nitrogen and oxygen atoms in total. The van der Waals surface area contributed by atoms with Crippen LogP contribution in [0.2, 0.25) is 0 Å². The van der Waals surface area contributed by atoms with E-state index >= 15 is 0 Å². The lowest BCUT2D eigenvalue weighted by Crippen LogP contribution is -2.18. The molecule has 15 heavy (non-hydrogen) atoms. The van der Waals surface area contributed by atoms with Gasteiger partial charge < -0.3 is 15.9 Å². The van der Waals surface area contributed by atoms with Crippen LogP contribution in [0.5, 0.6) is 0 Å². The van der Waals surface area contributed by atoms with Crippen LogP contribution in [0.3, 0.4) is 0 Å². The summed E-state index contributed by atoms with van der Waals surface area (Å²) in [5, 5.41) is 19.8. The van der Waals surface area contributed by atoms with Crippen LogP contribution in [-0.2, 0) is 0 Å². The molecule has 0 heterocycles. The molecule has 2 atom stereocenters. The Labute approximate surface area is 95.9 Å². The molecule has 0 aromatic heterocycles. The Hall–Kier alpha value is -0.650. The minimum Gasteiger partial charge on any atom is -0.399 e. The van der Waals surface area contributed by atoms with Gasteiger partial charge in [0.1, 0.15) is 11.9 Å². The molecule has 0 aliphatic heterocycles. The summed E-state index contributed by atoms with van der Waals surface area (Å²) in [5.41, 5.74) is 5.95. The molecule has 0 fully saturated rings. The number of hydrogen-bond acceptors (Lipinski definition) is 3. The second-order valence-electron chi connectivity index (χ2n) is 3.31. The van der Waals surface area contributed by atoms with Crippen LogP contribution in [0, 0.1) is 5.82 Å². The minimum atomic E-state index is -1.11. The number of anilines is 1. The van der Waals surface area contributed by atoms with Gasteiger partial charge in [0.25, 0.3) is 0 Å². The van der Waals surface area contributed by atoms with E-state index in [4.69, 9.17) is 5.73 Å². The maximum Gasteiger partial charge on any atom is 0.125 e. The molecule has 4 N–H and O–H groups in total. The van der Waals surface area contributed by atoms with Crippen LogP contribution >= 0.6 is 15.9 Å². The summed E-state index contributed by atoms with van der Waals surface area (Å²) in [6, 6.07) is 3.77. The Morgan fingerprint density at radius 2 is 2.00 bits per heavy atom. The van der Waals surface area contributed by atoms with Crippen molar-refractivity contribution in [3.8, 4) is 0 Å². The molecule has 0 saturated heterocycles. The van der Waals surface area contributed by atoms with E-state index in [0.717, 1.165) is 6.07 Å². The molecule has 0 amide bonds. The monoisotopic (exact) mass is 277 g/mol. The number of hydrogen-bond donors (Lipinski definition) is 3. The summed E-state index contributed by atoms with van der Waals surface area (Å²) in [6.45, 7) is 0. The summed E-state index contributed by atoms with van der Waals surface area (Å²) in [4.78, 5) is 0. The fourth-order valence-electron chi connectivity index (χ4n) is 1.30. The van der Waals surface area contributed by atoms with Crippen LogP contribution in [0.25, 0.3) is 0 Å². The van der Waals surface area contributed by atoms with Gasteiger partial charge in [-0.2, -0.15) is 0 Å². The predicted octanol–water partition coefficient (Wildman–Crippen LogP) is 1.59. The van der Waals surface area contributed by atoms with Gasteiger partial charge in [-0.15, -0.1) is 0 Å². The summed E-state index contributed by atoms with van der Waals surface area (Å²) in [6.07, 6.45) is -1.65. The van der Waals surface area contributed by atoms with E-state index in [9.17, 15) is 14.6 Å². The third-order valence-corrected chi connectivity index (χ3v) is 2.51. The number of aliphatic hydroxyl groups excluding tert-OH is 2. The summed E-state index contributed by atoms with van der Waals surface area (Å²) in [7, 11) is 0. The first-order valence-electron chi connectivity index (χ1n) is 4.52. The van der Waals surface area contributed by atoms with Gasteiger partial charge in [0.15, 0.2) is 0 Å². The van der Waals surface area contributed by atoms with Crippen molar-refractivity contribution in [2.75, 3.05) is 11.1 Å². The first kappa shape index (κ1) is 12.4. The second kappa shape index (κ2) is 5.44. The van der Waals surface area contributed by atoms with Crippen molar-refractivity contribution in [1.82, 2.24) is 0 Å². The number of nitrogens with two attached hydrogens (primary N) is 1. The molecule has 84 valence electrons. The third kappa shape index (κ3) is 3.44. The van der Waals surface area contributed by atoms with Crippen molar-refractivity contribution in [3.05, 3.63) is 29.6 Å². The van der Waals surface area contributed by atoms with E-state index in [0.29, 0.717) is 17.3 Å². The normalized spacial score (nSPS) is 14.9. The van der Waals surface area contributed by atoms with Crippen LogP contribution in [0.4, 0.5) is 10.1 Å². The molecule has 0 radical (unpaired) electrons. The van der Waals surface area contributed by atoms with E-state index in [-0.39, 0.29) is 5.69 Å². The predicted molar refractivity (Wildman–Crippen MR) is 60.2 cm³/mol. The zero-order valence-corrected chi connectivity index (χ0v) is 9.61. The highest BCUT2D eigenvalue weighted by molar-refractivity contribution is 9.09. The summed E-state index contributed by atoms with van der Waals surface area (Å²) < 4.78 is 13.0. The van der Waals surface area contributed by atoms with Crippen molar-refractivity contribution in [2.24, 2.45) is 0 Å². The van der Waals surface area contributed by atoms with Crippen molar-refractivity contribution in [1.29, 1.82) is 0 Å². The van der Waals surface area contributed by atoms with Crippen molar-refractivity contribution in [2.45, 2.75) is 18.6 Å². The lowest BCUT2D eigenvalue weighted by Gasteiger charge is -2.17. The average molecular weight is 278 g/mol. The van der Waals surface area contributed by atoms with Gasteiger partial charge >= 0.3 is 0 Å². The Kier molecular flexibility index (Phi) is 4.50. The lowest BCUT2D eigenvalue weighted by molar-refractivity contribution is 0.0172. The molecule has 1 aromatic carbocycles. The first-order chi connectivity index (χ1) is 7.04. The Balaban J connectivity index is 2.85. The van der Waals surface area contributed by atoms with Crippen LogP contribution in [0.1, 0.15) is 18.1 Å². The fraction of sp³-hybridized carbons (Fsp3) is 0.400. The topological polar surface area (TPSA) is 66.5 Å². The van der Waals surface area contributed by atoms with Gasteiger partial charge in [-0.1, -0.05) is 15.9 Å². The number of alkyl halides is 1. The van der Waals surface area contributed by atoms with Gasteiger partial charge in [-0.3, -0.25) is 0 Å². The smallest absolute Gasteiger partial charge is 0.125 e. The Bertz CT molecular complexity index is 315. The van der Waals surface area contributed by atoms with Crippen LogP contribution < -0.4 is 5.73 Å². The van der Waals surface area contributed by atoms with Gasteiger partial charge in [0.2, 0.25) is 0 Å². The quantitative estimate of drug-likeness (QED) is 0.578. The highest BCUT2D eigenvalue weighted by Gasteiger charge is 2.18. The number of nitrogen functional groups attached to an aromatic ring is 1. The lowest BCUT2D eigenvalue weighted by atomic mass is 10.0. The maximum absolute atomic E-state index is 13.0. The number of rotatable bonds is 4. The molecule has 0 spiro atoms. The minimum absolute atomic E-state index is 0.232. The summed E-state index contributed by atoms with van der Waals surface area (Å²) in [5.74, 6) is -0.518. The third-order valence-electron chi connectivity index (χ3n) is 2.05.